The van der Waals surface area contributed by atoms with Crippen molar-refractivity contribution < 1.29 is 4.79 Å². The van der Waals surface area contributed by atoms with Crippen molar-refractivity contribution in [2.75, 3.05) is 5.32 Å². The van der Waals surface area contributed by atoms with E-state index in [1.165, 1.54) is 19.3 Å². The number of hydrogen-bond donors (Lipinski definition) is 1. The summed E-state index contributed by atoms with van der Waals surface area (Å²) in [6, 6.07) is 5.90. The van der Waals surface area contributed by atoms with Gasteiger partial charge in [0.25, 0.3) is 0 Å². The SMILES string of the molecule is O=C(Nc1cn2ccccc2n1)C12CC3CC(CC(C3)C1)C2. The Balaban J connectivity index is 1.42. The average molecular weight is 295 g/mol. The van der Waals surface area contributed by atoms with Crippen LogP contribution in [0.2, 0.25) is 0 Å². The fourth-order valence-corrected chi connectivity index (χ4v) is 5.63. The number of imidazole rings is 1. The summed E-state index contributed by atoms with van der Waals surface area (Å²) in [6.45, 7) is 0. The molecule has 2 aromatic heterocycles. The first-order valence-electron chi connectivity index (χ1n) is 8.45. The predicted molar refractivity (Wildman–Crippen MR) is 84.4 cm³/mol. The molecule has 4 heteroatoms. The topological polar surface area (TPSA) is 46.4 Å². The van der Waals surface area contributed by atoms with Gasteiger partial charge in [0, 0.05) is 6.20 Å². The molecule has 4 fully saturated rings. The lowest BCUT2D eigenvalue weighted by molar-refractivity contribution is -0.140. The fourth-order valence-electron chi connectivity index (χ4n) is 5.63. The zero-order chi connectivity index (χ0) is 14.7. The monoisotopic (exact) mass is 295 g/mol. The molecule has 4 nitrogen and oxygen atoms in total. The molecule has 0 spiro atoms. The van der Waals surface area contributed by atoms with Crippen LogP contribution in [0.3, 0.4) is 0 Å². The predicted octanol–water partition coefficient (Wildman–Crippen LogP) is 3.49. The summed E-state index contributed by atoms with van der Waals surface area (Å²) in [6.07, 6.45) is 11.2. The smallest absolute Gasteiger partial charge is 0.231 e. The number of carbonyl (C=O) groups is 1. The Morgan fingerprint density at radius 2 is 1.82 bits per heavy atom. The highest BCUT2D eigenvalue weighted by Crippen LogP contribution is 2.60. The zero-order valence-electron chi connectivity index (χ0n) is 12.7. The van der Waals surface area contributed by atoms with E-state index in [1.807, 2.05) is 35.0 Å². The van der Waals surface area contributed by atoms with Crippen molar-refractivity contribution >= 4 is 17.4 Å². The van der Waals surface area contributed by atoms with Crippen molar-refractivity contribution in [2.45, 2.75) is 38.5 Å². The van der Waals surface area contributed by atoms with Gasteiger partial charge in [-0.2, -0.15) is 0 Å². The molecule has 0 saturated heterocycles. The molecule has 22 heavy (non-hydrogen) atoms. The average Bonchev–Trinajstić information content (AvgIpc) is 2.88. The Hall–Kier alpha value is -1.84. The number of aromatic nitrogens is 2. The Labute approximate surface area is 129 Å². The number of fused-ring (bicyclic) bond motifs is 1. The second-order valence-electron chi connectivity index (χ2n) is 7.74. The minimum atomic E-state index is -0.107. The molecular formula is C18H21N3O. The van der Waals surface area contributed by atoms with Crippen LogP contribution < -0.4 is 5.32 Å². The first-order chi connectivity index (χ1) is 10.7. The van der Waals surface area contributed by atoms with Crippen molar-refractivity contribution in [2.24, 2.45) is 23.2 Å². The Morgan fingerprint density at radius 3 is 2.45 bits per heavy atom. The number of rotatable bonds is 2. The van der Waals surface area contributed by atoms with Crippen LogP contribution in [0.25, 0.3) is 5.65 Å². The number of nitrogens with one attached hydrogen (secondary N) is 1. The summed E-state index contributed by atoms with van der Waals surface area (Å²) in [7, 11) is 0. The van der Waals surface area contributed by atoms with Gasteiger partial charge in [-0.1, -0.05) is 6.07 Å². The molecule has 4 saturated carbocycles. The van der Waals surface area contributed by atoms with Gasteiger partial charge < -0.3 is 9.72 Å². The van der Waals surface area contributed by atoms with Crippen LogP contribution in [0.5, 0.6) is 0 Å². The van der Waals surface area contributed by atoms with Crippen molar-refractivity contribution in [3.05, 3.63) is 30.6 Å². The maximum Gasteiger partial charge on any atom is 0.231 e. The van der Waals surface area contributed by atoms with Crippen molar-refractivity contribution in [3.63, 3.8) is 0 Å². The van der Waals surface area contributed by atoms with Gasteiger partial charge in [0.2, 0.25) is 5.91 Å². The molecule has 0 aliphatic heterocycles. The highest BCUT2D eigenvalue weighted by atomic mass is 16.2. The molecule has 4 aliphatic carbocycles. The Kier molecular flexibility index (Phi) is 2.50. The first-order valence-corrected chi connectivity index (χ1v) is 8.45. The van der Waals surface area contributed by atoms with Gasteiger partial charge in [-0.25, -0.2) is 4.98 Å². The number of nitrogens with zero attached hydrogens (tertiary/aromatic N) is 2. The number of pyridine rings is 1. The van der Waals surface area contributed by atoms with Crippen molar-refractivity contribution in [3.8, 4) is 0 Å². The molecule has 6 rings (SSSR count). The van der Waals surface area contributed by atoms with Crippen LogP contribution in [0.1, 0.15) is 38.5 Å². The summed E-state index contributed by atoms with van der Waals surface area (Å²) in [4.78, 5) is 17.5. The molecule has 0 atom stereocenters. The van der Waals surface area contributed by atoms with E-state index < -0.39 is 0 Å². The van der Waals surface area contributed by atoms with Gasteiger partial charge in [-0.3, -0.25) is 4.79 Å². The lowest BCUT2D eigenvalue weighted by Gasteiger charge is -2.55. The molecule has 4 bridgehead atoms. The normalized spacial score (nSPS) is 35.9. The van der Waals surface area contributed by atoms with E-state index >= 15 is 0 Å². The van der Waals surface area contributed by atoms with Gasteiger partial charge in [0.15, 0.2) is 5.82 Å². The number of carbonyl (C=O) groups excluding carboxylic acids is 1. The molecule has 1 N–H and O–H groups in total. The Morgan fingerprint density at radius 1 is 1.14 bits per heavy atom. The lowest BCUT2D eigenvalue weighted by atomic mass is 9.49. The van der Waals surface area contributed by atoms with E-state index in [4.69, 9.17) is 0 Å². The quantitative estimate of drug-likeness (QED) is 0.922. The zero-order valence-corrected chi connectivity index (χ0v) is 12.7. The molecule has 0 aromatic carbocycles. The number of anilines is 1. The van der Waals surface area contributed by atoms with Crippen LogP contribution in [0.4, 0.5) is 5.82 Å². The van der Waals surface area contributed by atoms with E-state index in [-0.39, 0.29) is 11.3 Å². The van der Waals surface area contributed by atoms with Crippen LogP contribution >= 0.6 is 0 Å². The molecule has 0 radical (unpaired) electrons. The van der Waals surface area contributed by atoms with Crippen molar-refractivity contribution in [1.29, 1.82) is 0 Å². The van der Waals surface area contributed by atoms with Crippen molar-refractivity contribution in [1.82, 2.24) is 9.38 Å². The Bertz CT molecular complexity index is 679. The molecular weight excluding hydrogens is 274 g/mol. The summed E-state index contributed by atoms with van der Waals surface area (Å²) >= 11 is 0. The largest absolute Gasteiger partial charge is 0.309 e. The summed E-state index contributed by atoms with van der Waals surface area (Å²) < 4.78 is 1.95. The second-order valence-corrected chi connectivity index (χ2v) is 7.74. The van der Waals surface area contributed by atoms with Crippen LogP contribution in [0.15, 0.2) is 30.6 Å². The molecule has 1 amide bonds. The third-order valence-electron chi connectivity index (χ3n) is 6.13. The van der Waals surface area contributed by atoms with Gasteiger partial charge in [-0.05, 0) is 68.4 Å². The van der Waals surface area contributed by atoms with E-state index in [9.17, 15) is 4.79 Å². The van der Waals surface area contributed by atoms with Crippen LogP contribution in [-0.2, 0) is 4.79 Å². The maximum atomic E-state index is 13.0. The molecule has 114 valence electrons. The number of hydrogen-bond acceptors (Lipinski definition) is 2. The standard InChI is InChI=1S/C18H21N3O/c22-17(20-15-11-21-4-2-1-3-16(21)19-15)18-8-12-5-13(9-18)7-14(6-12)10-18/h1-4,11-14H,5-10H2,(H,20,22). The highest BCUT2D eigenvalue weighted by molar-refractivity contribution is 5.95. The van der Waals surface area contributed by atoms with Gasteiger partial charge in [-0.15, -0.1) is 0 Å². The minimum absolute atomic E-state index is 0.107. The highest BCUT2D eigenvalue weighted by Gasteiger charge is 2.54. The van der Waals surface area contributed by atoms with Gasteiger partial charge >= 0.3 is 0 Å². The van der Waals surface area contributed by atoms with Gasteiger partial charge in [0.1, 0.15) is 5.65 Å². The number of amides is 1. The fraction of sp³-hybridized carbons (Fsp3) is 0.556. The molecule has 0 unspecified atom stereocenters. The van der Waals surface area contributed by atoms with E-state index in [2.05, 4.69) is 10.3 Å². The first kappa shape index (κ1) is 12.7. The molecule has 2 aromatic rings. The second kappa shape index (κ2) is 4.34. The van der Waals surface area contributed by atoms with Crippen LogP contribution in [0, 0.1) is 23.2 Å². The third-order valence-corrected chi connectivity index (χ3v) is 6.13. The lowest BCUT2D eigenvalue weighted by Crippen LogP contribution is -2.51. The minimum Gasteiger partial charge on any atom is -0.309 e. The van der Waals surface area contributed by atoms with E-state index in [0.717, 1.165) is 42.7 Å². The summed E-state index contributed by atoms with van der Waals surface area (Å²) in [5.41, 5.74) is 0.771. The molecule has 2 heterocycles. The van der Waals surface area contributed by atoms with Gasteiger partial charge in [0.05, 0.1) is 11.6 Å². The van der Waals surface area contributed by atoms with Crippen LogP contribution in [-0.4, -0.2) is 15.3 Å². The summed E-state index contributed by atoms with van der Waals surface area (Å²) in [5.74, 6) is 3.27. The summed E-state index contributed by atoms with van der Waals surface area (Å²) in [5, 5.41) is 3.12. The van der Waals surface area contributed by atoms with E-state index in [0.29, 0.717) is 5.82 Å². The third kappa shape index (κ3) is 1.82. The molecule has 4 aliphatic rings. The van der Waals surface area contributed by atoms with E-state index in [1.54, 1.807) is 0 Å². The maximum absolute atomic E-state index is 13.0.